The zero-order chi connectivity index (χ0) is 25.9. The lowest BCUT2D eigenvalue weighted by atomic mass is 9.97. The molecule has 3 N–H and O–H groups in total. The maximum absolute atomic E-state index is 13.7. The number of aliphatic hydroxyl groups excluding tert-OH is 1. The molecular formula is C27H35ClN2O6. The Hall–Kier alpha value is -2.81. The minimum atomic E-state index is -1.16. The Morgan fingerprint density at radius 3 is 2.50 bits per heavy atom. The number of aryl methyl sites for hydroxylation is 1. The standard InChI is InChI=1S/C27H35ClN2O6/c1-35-13-2-3-19-6-11-25(28)22(16-19)18-30(23-7-8-23)26(32)21(17-29-27(33)34)15-20-4-9-24(10-5-20)36-14-12-31/h4-6,9-11,16,21,23,29,31H,2-3,7-8,12-15,17-18H2,1H3,(H,33,34). The van der Waals surface area contributed by atoms with Gasteiger partial charge in [0.15, 0.2) is 0 Å². The number of carbonyl (C=O) groups excluding carboxylic acids is 1. The van der Waals surface area contributed by atoms with Crippen LogP contribution in [0.4, 0.5) is 4.79 Å². The van der Waals surface area contributed by atoms with E-state index in [1.807, 2.05) is 29.2 Å². The molecule has 0 saturated heterocycles. The predicted octanol–water partition coefficient (Wildman–Crippen LogP) is 3.91. The molecule has 2 aromatic rings. The fourth-order valence-electron chi connectivity index (χ4n) is 4.14. The maximum atomic E-state index is 13.7. The number of aliphatic hydroxyl groups is 1. The second-order valence-electron chi connectivity index (χ2n) is 9.02. The first kappa shape index (κ1) is 27.8. The van der Waals surface area contributed by atoms with E-state index >= 15 is 0 Å². The molecule has 2 aromatic carbocycles. The van der Waals surface area contributed by atoms with E-state index in [4.69, 9.17) is 26.2 Å². The highest BCUT2D eigenvalue weighted by atomic mass is 35.5. The van der Waals surface area contributed by atoms with E-state index in [0.29, 0.717) is 30.3 Å². The topological polar surface area (TPSA) is 108 Å². The summed E-state index contributed by atoms with van der Waals surface area (Å²) in [4.78, 5) is 26.8. The first-order valence-corrected chi connectivity index (χ1v) is 12.6. The van der Waals surface area contributed by atoms with Crippen molar-refractivity contribution in [2.45, 2.75) is 44.7 Å². The molecule has 3 rings (SSSR count). The number of benzene rings is 2. The van der Waals surface area contributed by atoms with Crippen molar-refractivity contribution in [3.63, 3.8) is 0 Å². The van der Waals surface area contributed by atoms with Crippen LogP contribution < -0.4 is 10.1 Å². The Balaban J connectivity index is 1.75. The number of halogens is 1. The van der Waals surface area contributed by atoms with Crippen LogP contribution in [0.5, 0.6) is 5.75 Å². The molecular weight excluding hydrogens is 484 g/mol. The van der Waals surface area contributed by atoms with E-state index in [1.165, 1.54) is 0 Å². The summed E-state index contributed by atoms with van der Waals surface area (Å²) in [5.41, 5.74) is 2.93. The molecule has 0 heterocycles. The molecule has 0 bridgehead atoms. The lowest BCUT2D eigenvalue weighted by Gasteiger charge is -2.28. The van der Waals surface area contributed by atoms with Gasteiger partial charge < -0.3 is 29.9 Å². The van der Waals surface area contributed by atoms with Gasteiger partial charge in [-0.05, 0) is 67.0 Å². The number of ether oxygens (including phenoxy) is 2. The third-order valence-corrected chi connectivity index (χ3v) is 6.52. The zero-order valence-electron chi connectivity index (χ0n) is 20.6. The van der Waals surface area contributed by atoms with E-state index in [2.05, 4.69) is 11.4 Å². The molecule has 0 spiro atoms. The van der Waals surface area contributed by atoms with Gasteiger partial charge in [0.25, 0.3) is 0 Å². The van der Waals surface area contributed by atoms with Gasteiger partial charge in [-0.15, -0.1) is 0 Å². The first-order valence-electron chi connectivity index (χ1n) is 12.3. The van der Waals surface area contributed by atoms with E-state index in [9.17, 15) is 14.7 Å². The maximum Gasteiger partial charge on any atom is 0.404 e. The molecule has 1 atom stereocenters. The number of nitrogens with one attached hydrogen (secondary N) is 1. The Kier molecular flexibility index (Phi) is 10.8. The van der Waals surface area contributed by atoms with Crippen LogP contribution in [0.2, 0.25) is 5.02 Å². The summed E-state index contributed by atoms with van der Waals surface area (Å²) in [6.45, 7) is 1.21. The van der Waals surface area contributed by atoms with Crippen molar-refractivity contribution in [3.05, 3.63) is 64.2 Å². The molecule has 36 heavy (non-hydrogen) atoms. The third-order valence-electron chi connectivity index (χ3n) is 6.15. The molecule has 0 aromatic heterocycles. The highest BCUT2D eigenvalue weighted by Crippen LogP contribution is 2.32. The number of methoxy groups -OCH3 is 1. The summed E-state index contributed by atoms with van der Waals surface area (Å²) in [6.07, 6.45) is 2.83. The number of nitrogens with zero attached hydrogens (tertiary/aromatic N) is 1. The first-order chi connectivity index (χ1) is 17.4. The number of hydrogen-bond acceptors (Lipinski definition) is 5. The SMILES string of the molecule is COCCCc1ccc(Cl)c(CN(C(=O)C(CNC(=O)O)Cc2ccc(OCCO)cc2)C2CC2)c1. The molecule has 9 heteroatoms. The molecule has 1 saturated carbocycles. The number of carbonyl (C=O) groups is 2. The van der Waals surface area contributed by atoms with E-state index in [-0.39, 0.29) is 31.7 Å². The molecule has 1 aliphatic carbocycles. The number of amides is 2. The van der Waals surface area contributed by atoms with Gasteiger partial charge in [-0.25, -0.2) is 4.79 Å². The van der Waals surface area contributed by atoms with E-state index in [1.54, 1.807) is 19.2 Å². The van der Waals surface area contributed by atoms with Crippen molar-refractivity contribution in [1.29, 1.82) is 0 Å². The second-order valence-corrected chi connectivity index (χ2v) is 9.43. The molecule has 8 nitrogen and oxygen atoms in total. The van der Waals surface area contributed by atoms with Crippen LogP contribution in [-0.2, 0) is 28.9 Å². The van der Waals surface area contributed by atoms with Gasteiger partial charge in [0, 0.05) is 37.9 Å². The Morgan fingerprint density at radius 2 is 1.86 bits per heavy atom. The van der Waals surface area contributed by atoms with Crippen molar-refractivity contribution in [1.82, 2.24) is 10.2 Å². The zero-order valence-corrected chi connectivity index (χ0v) is 21.4. The molecule has 0 radical (unpaired) electrons. The van der Waals surface area contributed by atoms with Gasteiger partial charge in [0.05, 0.1) is 12.5 Å². The molecule has 1 unspecified atom stereocenters. The summed E-state index contributed by atoms with van der Waals surface area (Å²) < 4.78 is 10.6. The van der Waals surface area contributed by atoms with Crippen LogP contribution in [-0.4, -0.2) is 66.6 Å². The summed E-state index contributed by atoms with van der Waals surface area (Å²) in [7, 11) is 1.68. The van der Waals surface area contributed by atoms with E-state index in [0.717, 1.165) is 42.4 Å². The quantitative estimate of drug-likeness (QED) is 0.308. The normalized spacial score (nSPS) is 13.8. The Morgan fingerprint density at radius 1 is 1.14 bits per heavy atom. The third kappa shape index (κ3) is 8.69. The average molecular weight is 519 g/mol. The average Bonchev–Trinajstić information content (AvgIpc) is 3.71. The molecule has 2 amide bonds. The number of hydrogen-bond donors (Lipinski definition) is 3. The fourth-order valence-corrected chi connectivity index (χ4v) is 4.32. The fraction of sp³-hybridized carbons (Fsp3) is 0.481. The predicted molar refractivity (Wildman–Crippen MR) is 137 cm³/mol. The van der Waals surface area contributed by atoms with Crippen molar-refractivity contribution < 1.29 is 29.3 Å². The lowest BCUT2D eigenvalue weighted by molar-refractivity contribution is -0.136. The monoisotopic (exact) mass is 518 g/mol. The smallest absolute Gasteiger partial charge is 0.404 e. The van der Waals surface area contributed by atoms with Crippen LogP contribution in [0, 0.1) is 5.92 Å². The van der Waals surface area contributed by atoms with Crippen LogP contribution in [0.1, 0.15) is 36.0 Å². The summed E-state index contributed by atoms with van der Waals surface area (Å²) in [5.74, 6) is -0.0266. The highest BCUT2D eigenvalue weighted by molar-refractivity contribution is 6.31. The highest BCUT2D eigenvalue weighted by Gasteiger charge is 2.36. The van der Waals surface area contributed by atoms with Gasteiger partial charge in [0.2, 0.25) is 5.91 Å². The van der Waals surface area contributed by atoms with Crippen LogP contribution in [0.15, 0.2) is 42.5 Å². The van der Waals surface area contributed by atoms with Crippen molar-refractivity contribution >= 4 is 23.6 Å². The second kappa shape index (κ2) is 14.1. The molecule has 0 aliphatic heterocycles. The van der Waals surface area contributed by atoms with Gasteiger partial charge in [-0.1, -0.05) is 35.9 Å². The minimum absolute atomic E-state index is 0.0188. The largest absolute Gasteiger partial charge is 0.491 e. The summed E-state index contributed by atoms with van der Waals surface area (Å²) in [6, 6.07) is 13.3. The van der Waals surface area contributed by atoms with Crippen LogP contribution in [0.25, 0.3) is 0 Å². The molecule has 1 fully saturated rings. The van der Waals surface area contributed by atoms with Crippen molar-refractivity contribution in [3.8, 4) is 5.75 Å². The Bertz CT molecular complexity index is 996. The van der Waals surface area contributed by atoms with Gasteiger partial charge in [0.1, 0.15) is 12.4 Å². The van der Waals surface area contributed by atoms with Crippen LogP contribution in [0.3, 0.4) is 0 Å². The van der Waals surface area contributed by atoms with Gasteiger partial charge in [-0.3, -0.25) is 4.79 Å². The molecule has 1 aliphatic rings. The van der Waals surface area contributed by atoms with Gasteiger partial charge >= 0.3 is 6.09 Å². The number of rotatable bonds is 15. The van der Waals surface area contributed by atoms with Crippen molar-refractivity contribution in [2.24, 2.45) is 5.92 Å². The van der Waals surface area contributed by atoms with E-state index < -0.39 is 12.0 Å². The van der Waals surface area contributed by atoms with Crippen LogP contribution >= 0.6 is 11.6 Å². The molecule has 196 valence electrons. The Labute approximate surface area is 217 Å². The summed E-state index contributed by atoms with van der Waals surface area (Å²) >= 11 is 6.51. The minimum Gasteiger partial charge on any atom is -0.491 e. The number of carboxylic acid groups (broad SMARTS) is 1. The lowest BCUT2D eigenvalue weighted by Crippen LogP contribution is -2.43. The van der Waals surface area contributed by atoms with Gasteiger partial charge in [-0.2, -0.15) is 0 Å². The summed E-state index contributed by atoms with van der Waals surface area (Å²) in [5, 5.41) is 21.1. The van der Waals surface area contributed by atoms with Crippen molar-refractivity contribution in [2.75, 3.05) is 33.5 Å².